The van der Waals surface area contributed by atoms with E-state index in [0.717, 1.165) is 22.6 Å². The number of carbonyl (C=O) groups is 1. The van der Waals surface area contributed by atoms with Gasteiger partial charge in [0.15, 0.2) is 6.61 Å². The van der Waals surface area contributed by atoms with Crippen molar-refractivity contribution in [2.45, 2.75) is 13.8 Å². The van der Waals surface area contributed by atoms with E-state index in [0.29, 0.717) is 11.4 Å². The molecular formula is C22H21N3O2. The summed E-state index contributed by atoms with van der Waals surface area (Å²) in [6.45, 7) is 4.25. The second-order valence-electron chi connectivity index (χ2n) is 6.86. The smallest absolute Gasteiger partial charge is 0.262 e. The van der Waals surface area contributed by atoms with Gasteiger partial charge in [0.1, 0.15) is 11.6 Å². The third kappa shape index (κ3) is 3.49. The maximum Gasteiger partial charge on any atom is 0.262 e. The average molecular weight is 359 g/mol. The van der Waals surface area contributed by atoms with Gasteiger partial charge >= 0.3 is 0 Å². The molecular weight excluding hydrogens is 338 g/mol. The van der Waals surface area contributed by atoms with E-state index in [1.165, 1.54) is 11.1 Å². The molecule has 0 atom stereocenters. The minimum absolute atomic E-state index is 0.0620. The van der Waals surface area contributed by atoms with Crippen molar-refractivity contribution in [2.24, 2.45) is 0 Å². The van der Waals surface area contributed by atoms with Gasteiger partial charge in [0.05, 0.1) is 5.69 Å². The van der Waals surface area contributed by atoms with E-state index >= 15 is 0 Å². The highest BCUT2D eigenvalue weighted by Gasteiger charge is 2.16. The first-order chi connectivity index (χ1) is 13.0. The summed E-state index contributed by atoms with van der Waals surface area (Å²) < 4.78 is 5.44. The van der Waals surface area contributed by atoms with Gasteiger partial charge in [-0.3, -0.25) is 4.79 Å². The van der Waals surface area contributed by atoms with Crippen molar-refractivity contribution in [3.05, 3.63) is 65.9 Å². The Bertz CT molecular complexity index is 1010. The van der Waals surface area contributed by atoms with Gasteiger partial charge in [-0.2, -0.15) is 0 Å². The van der Waals surface area contributed by atoms with Crippen LogP contribution in [0.3, 0.4) is 0 Å². The van der Waals surface area contributed by atoms with Crippen LogP contribution in [0.2, 0.25) is 0 Å². The second kappa shape index (κ2) is 6.76. The number of nitrogens with zero attached hydrogens (tertiary/aromatic N) is 2. The molecule has 1 amide bonds. The largest absolute Gasteiger partial charge is 0.482 e. The number of fused-ring (bicyclic) bond motifs is 1. The van der Waals surface area contributed by atoms with Crippen LogP contribution in [-0.2, 0) is 4.79 Å². The number of nitrogens with one attached hydrogen (secondary N) is 1. The van der Waals surface area contributed by atoms with Gasteiger partial charge in [0.2, 0.25) is 0 Å². The maximum atomic E-state index is 11.6. The van der Waals surface area contributed by atoms with Gasteiger partial charge in [-0.1, -0.05) is 12.1 Å². The van der Waals surface area contributed by atoms with E-state index in [-0.39, 0.29) is 12.5 Å². The molecule has 0 saturated carbocycles. The van der Waals surface area contributed by atoms with Crippen molar-refractivity contribution in [3.8, 4) is 16.9 Å². The van der Waals surface area contributed by atoms with Crippen LogP contribution < -0.4 is 15.0 Å². The molecule has 2 heterocycles. The summed E-state index contributed by atoms with van der Waals surface area (Å²) in [6.07, 6.45) is 1.80. The summed E-state index contributed by atoms with van der Waals surface area (Å²) in [5.74, 6) is 1.42. The third-order valence-electron chi connectivity index (χ3n) is 4.63. The molecule has 0 bridgehead atoms. The van der Waals surface area contributed by atoms with Gasteiger partial charge in [-0.05, 0) is 72.5 Å². The van der Waals surface area contributed by atoms with Crippen molar-refractivity contribution in [1.82, 2.24) is 4.98 Å². The zero-order valence-electron chi connectivity index (χ0n) is 15.6. The molecule has 5 heteroatoms. The number of hydrogen-bond acceptors (Lipinski definition) is 4. The number of anilines is 3. The lowest BCUT2D eigenvalue weighted by Gasteiger charge is -2.21. The van der Waals surface area contributed by atoms with Crippen LogP contribution in [0.15, 0.2) is 54.7 Å². The predicted molar refractivity (Wildman–Crippen MR) is 108 cm³/mol. The van der Waals surface area contributed by atoms with E-state index in [9.17, 15) is 4.79 Å². The van der Waals surface area contributed by atoms with Crippen LogP contribution >= 0.6 is 0 Å². The summed E-state index contributed by atoms with van der Waals surface area (Å²) in [5, 5.41) is 2.86. The van der Waals surface area contributed by atoms with Gasteiger partial charge in [0, 0.05) is 18.9 Å². The molecule has 1 aliphatic heterocycles. The first-order valence-electron chi connectivity index (χ1n) is 8.85. The van der Waals surface area contributed by atoms with E-state index in [2.05, 4.69) is 47.2 Å². The quantitative estimate of drug-likeness (QED) is 0.750. The molecule has 136 valence electrons. The standard InChI is InChI=1S/C22H21N3O2/c1-14-8-15(2)10-18(9-14)25(3)21-12-17(6-7-23-21)16-4-5-20-19(11-16)24-22(26)13-27-20/h4-12H,13H2,1-3H3,(H,24,26). The lowest BCUT2D eigenvalue weighted by atomic mass is 10.0. The Hall–Kier alpha value is -3.34. The minimum Gasteiger partial charge on any atom is -0.482 e. The number of aryl methyl sites for hydroxylation is 2. The summed E-state index contributed by atoms with van der Waals surface area (Å²) in [4.78, 5) is 18.2. The van der Waals surface area contributed by atoms with Gasteiger partial charge in [-0.25, -0.2) is 4.98 Å². The van der Waals surface area contributed by atoms with E-state index in [1.807, 2.05) is 37.4 Å². The highest BCUT2D eigenvalue weighted by molar-refractivity contribution is 5.96. The van der Waals surface area contributed by atoms with Gasteiger partial charge in [-0.15, -0.1) is 0 Å². The maximum absolute atomic E-state index is 11.6. The number of rotatable bonds is 3. The van der Waals surface area contributed by atoms with Crippen LogP contribution in [0.5, 0.6) is 5.75 Å². The Balaban J connectivity index is 1.68. The summed E-state index contributed by atoms with van der Waals surface area (Å²) in [6, 6.07) is 16.3. The Morgan fingerprint density at radius 1 is 1.00 bits per heavy atom. The molecule has 0 aliphatic carbocycles. The monoisotopic (exact) mass is 359 g/mol. The van der Waals surface area contributed by atoms with Crippen molar-refractivity contribution in [2.75, 3.05) is 23.9 Å². The Kier molecular flexibility index (Phi) is 4.28. The molecule has 0 saturated heterocycles. The number of ether oxygens (including phenoxy) is 1. The fourth-order valence-electron chi connectivity index (χ4n) is 3.32. The average Bonchev–Trinajstić information content (AvgIpc) is 2.66. The molecule has 1 aromatic heterocycles. The van der Waals surface area contributed by atoms with Crippen LogP contribution in [0, 0.1) is 13.8 Å². The molecule has 27 heavy (non-hydrogen) atoms. The van der Waals surface area contributed by atoms with Crippen LogP contribution in [-0.4, -0.2) is 24.5 Å². The van der Waals surface area contributed by atoms with Crippen molar-refractivity contribution in [1.29, 1.82) is 0 Å². The van der Waals surface area contributed by atoms with E-state index in [1.54, 1.807) is 6.20 Å². The number of hydrogen-bond donors (Lipinski definition) is 1. The zero-order chi connectivity index (χ0) is 19.0. The highest BCUT2D eigenvalue weighted by Crippen LogP contribution is 2.34. The number of pyridine rings is 1. The van der Waals surface area contributed by atoms with Crippen molar-refractivity contribution in [3.63, 3.8) is 0 Å². The Morgan fingerprint density at radius 2 is 1.74 bits per heavy atom. The molecule has 0 spiro atoms. The number of benzene rings is 2. The normalized spacial score (nSPS) is 12.8. The fourth-order valence-corrected chi connectivity index (χ4v) is 3.32. The van der Waals surface area contributed by atoms with Crippen LogP contribution in [0.25, 0.3) is 11.1 Å². The molecule has 2 aromatic carbocycles. The third-order valence-corrected chi connectivity index (χ3v) is 4.63. The second-order valence-corrected chi connectivity index (χ2v) is 6.86. The first-order valence-corrected chi connectivity index (χ1v) is 8.85. The Labute approximate surface area is 158 Å². The lowest BCUT2D eigenvalue weighted by molar-refractivity contribution is -0.118. The summed E-state index contributed by atoms with van der Waals surface area (Å²) in [5.41, 5.74) is 6.26. The molecule has 0 unspecified atom stereocenters. The van der Waals surface area contributed by atoms with Gasteiger partial charge in [0.25, 0.3) is 5.91 Å². The number of amides is 1. The number of carbonyl (C=O) groups excluding carboxylic acids is 1. The molecule has 1 N–H and O–H groups in total. The lowest BCUT2D eigenvalue weighted by Crippen LogP contribution is -2.25. The van der Waals surface area contributed by atoms with Crippen LogP contribution in [0.1, 0.15) is 11.1 Å². The van der Waals surface area contributed by atoms with E-state index in [4.69, 9.17) is 4.74 Å². The van der Waals surface area contributed by atoms with Crippen molar-refractivity contribution >= 4 is 23.1 Å². The summed E-state index contributed by atoms with van der Waals surface area (Å²) in [7, 11) is 2.02. The number of aromatic nitrogens is 1. The molecule has 0 radical (unpaired) electrons. The van der Waals surface area contributed by atoms with Crippen LogP contribution in [0.4, 0.5) is 17.2 Å². The predicted octanol–water partition coefficient (Wildman–Crippen LogP) is 4.46. The van der Waals surface area contributed by atoms with E-state index < -0.39 is 0 Å². The molecule has 0 fully saturated rings. The van der Waals surface area contributed by atoms with Gasteiger partial charge < -0.3 is 15.0 Å². The fraction of sp³-hybridized carbons (Fsp3) is 0.182. The summed E-state index contributed by atoms with van der Waals surface area (Å²) >= 11 is 0. The molecule has 5 nitrogen and oxygen atoms in total. The minimum atomic E-state index is -0.135. The first kappa shape index (κ1) is 17.1. The molecule has 4 rings (SSSR count). The Morgan fingerprint density at radius 3 is 2.52 bits per heavy atom. The topological polar surface area (TPSA) is 54.5 Å². The van der Waals surface area contributed by atoms with Crippen molar-refractivity contribution < 1.29 is 9.53 Å². The molecule has 3 aromatic rings. The SMILES string of the molecule is Cc1cc(C)cc(N(C)c2cc(-c3ccc4c(c3)NC(=O)CO4)ccn2)c1. The zero-order valence-corrected chi connectivity index (χ0v) is 15.6. The molecule has 1 aliphatic rings. The highest BCUT2D eigenvalue weighted by atomic mass is 16.5.